The van der Waals surface area contributed by atoms with Crippen molar-refractivity contribution in [3.8, 4) is 0 Å². The van der Waals surface area contributed by atoms with Gasteiger partial charge < -0.3 is 5.32 Å². The summed E-state index contributed by atoms with van der Waals surface area (Å²) in [4.78, 5) is 25.8. The zero-order chi connectivity index (χ0) is 16.4. The number of fused-ring (bicyclic) bond motifs is 1. The molecule has 2 amide bonds. The molecule has 0 bridgehead atoms. The number of hydrogen-bond donors (Lipinski definition) is 1. The van der Waals surface area contributed by atoms with Crippen LogP contribution in [-0.2, 0) is 22.7 Å². The van der Waals surface area contributed by atoms with E-state index in [0.717, 1.165) is 16.8 Å². The molecule has 2 aromatic rings. The fourth-order valence-corrected chi connectivity index (χ4v) is 2.77. The standard InChI is InChI=1S/C17H20N4O2/c1-12-4-3-5-14(8-12)10-18-15(22)11-20-16-9-13(2)19-21(16)7-6-17(20)23/h3-5,8-9H,6-7,10-11H2,1-2H3,(H,18,22). The highest BCUT2D eigenvalue weighted by Gasteiger charge is 2.27. The maximum atomic E-state index is 12.2. The second-order valence-corrected chi connectivity index (χ2v) is 5.86. The second-order valence-electron chi connectivity index (χ2n) is 5.86. The molecular formula is C17H20N4O2. The minimum absolute atomic E-state index is 0.0236. The van der Waals surface area contributed by atoms with Crippen molar-refractivity contribution in [1.82, 2.24) is 15.1 Å². The number of carbonyl (C=O) groups excluding carboxylic acids is 2. The van der Waals surface area contributed by atoms with Crippen LogP contribution in [0.1, 0.15) is 23.2 Å². The highest BCUT2D eigenvalue weighted by atomic mass is 16.2. The Morgan fingerprint density at radius 2 is 2.13 bits per heavy atom. The number of aromatic nitrogens is 2. The lowest BCUT2D eigenvalue weighted by Crippen LogP contribution is -2.44. The number of hydrogen-bond acceptors (Lipinski definition) is 3. The first-order chi connectivity index (χ1) is 11.0. The molecule has 1 aliphatic rings. The molecule has 3 rings (SSSR count). The van der Waals surface area contributed by atoms with Crippen molar-refractivity contribution in [3.05, 3.63) is 47.2 Å². The van der Waals surface area contributed by atoms with Crippen molar-refractivity contribution in [2.45, 2.75) is 33.4 Å². The summed E-state index contributed by atoms with van der Waals surface area (Å²) >= 11 is 0. The number of rotatable bonds is 4. The monoisotopic (exact) mass is 312 g/mol. The average Bonchev–Trinajstić information content (AvgIpc) is 2.89. The van der Waals surface area contributed by atoms with Gasteiger partial charge in [0.25, 0.3) is 0 Å². The van der Waals surface area contributed by atoms with E-state index in [-0.39, 0.29) is 18.4 Å². The molecule has 0 unspecified atom stereocenters. The van der Waals surface area contributed by atoms with Crippen LogP contribution in [0.5, 0.6) is 0 Å². The van der Waals surface area contributed by atoms with Gasteiger partial charge in [-0.15, -0.1) is 0 Å². The second kappa shape index (κ2) is 6.24. The molecule has 6 nitrogen and oxygen atoms in total. The largest absolute Gasteiger partial charge is 0.350 e. The molecule has 0 radical (unpaired) electrons. The lowest BCUT2D eigenvalue weighted by atomic mass is 10.1. The van der Waals surface area contributed by atoms with E-state index < -0.39 is 0 Å². The van der Waals surface area contributed by atoms with Gasteiger partial charge in [-0.25, -0.2) is 4.68 Å². The molecule has 0 saturated carbocycles. The molecule has 0 aliphatic carbocycles. The van der Waals surface area contributed by atoms with Gasteiger partial charge in [-0.3, -0.25) is 14.5 Å². The Labute approximate surface area is 135 Å². The highest BCUT2D eigenvalue weighted by molar-refractivity contribution is 5.98. The summed E-state index contributed by atoms with van der Waals surface area (Å²) in [7, 11) is 0. The van der Waals surface area contributed by atoms with Crippen LogP contribution in [0.3, 0.4) is 0 Å². The van der Waals surface area contributed by atoms with E-state index in [4.69, 9.17) is 0 Å². The summed E-state index contributed by atoms with van der Waals surface area (Å²) in [6.45, 7) is 4.95. The average molecular weight is 312 g/mol. The first-order valence-electron chi connectivity index (χ1n) is 7.70. The summed E-state index contributed by atoms with van der Waals surface area (Å²) in [6, 6.07) is 9.82. The highest BCUT2D eigenvalue weighted by Crippen LogP contribution is 2.22. The van der Waals surface area contributed by atoms with E-state index in [1.165, 1.54) is 4.90 Å². The van der Waals surface area contributed by atoms with Crippen LogP contribution in [0, 0.1) is 13.8 Å². The number of benzene rings is 1. The normalized spacial score (nSPS) is 13.8. The number of carbonyl (C=O) groups is 2. The third-order valence-corrected chi connectivity index (χ3v) is 3.87. The third-order valence-electron chi connectivity index (χ3n) is 3.87. The van der Waals surface area contributed by atoms with Crippen molar-refractivity contribution in [2.24, 2.45) is 0 Å². The van der Waals surface area contributed by atoms with E-state index in [0.29, 0.717) is 25.3 Å². The first-order valence-corrected chi connectivity index (χ1v) is 7.70. The molecule has 0 atom stereocenters. The number of anilines is 1. The number of nitrogens with one attached hydrogen (secondary N) is 1. The SMILES string of the molecule is Cc1cccc(CNC(=O)CN2C(=O)CCn3nc(C)cc32)c1. The van der Waals surface area contributed by atoms with Crippen molar-refractivity contribution in [3.63, 3.8) is 0 Å². The van der Waals surface area contributed by atoms with Crippen molar-refractivity contribution >= 4 is 17.6 Å². The minimum Gasteiger partial charge on any atom is -0.350 e. The minimum atomic E-state index is -0.174. The molecule has 0 fully saturated rings. The van der Waals surface area contributed by atoms with Gasteiger partial charge in [-0.2, -0.15) is 5.10 Å². The van der Waals surface area contributed by atoms with Crippen LogP contribution in [0.2, 0.25) is 0 Å². The third kappa shape index (κ3) is 3.41. The van der Waals surface area contributed by atoms with Crippen LogP contribution in [-0.4, -0.2) is 28.1 Å². The molecule has 23 heavy (non-hydrogen) atoms. The molecule has 6 heteroatoms. The van der Waals surface area contributed by atoms with Crippen LogP contribution in [0.15, 0.2) is 30.3 Å². The quantitative estimate of drug-likeness (QED) is 0.931. The van der Waals surface area contributed by atoms with Crippen LogP contribution < -0.4 is 10.2 Å². The molecule has 0 saturated heterocycles. The molecule has 1 aromatic carbocycles. The van der Waals surface area contributed by atoms with E-state index in [2.05, 4.69) is 10.4 Å². The predicted octanol–water partition coefficient (Wildman–Crippen LogP) is 1.55. The summed E-state index contributed by atoms with van der Waals surface area (Å²) in [5.74, 6) is 0.486. The Bertz CT molecular complexity index is 751. The maximum Gasteiger partial charge on any atom is 0.240 e. The van der Waals surface area contributed by atoms with Gasteiger partial charge in [0.2, 0.25) is 11.8 Å². The summed E-state index contributed by atoms with van der Waals surface area (Å²) in [6.07, 6.45) is 0.374. The Morgan fingerprint density at radius 3 is 2.91 bits per heavy atom. The molecular weight excluding hydrogens is 292 g/mol. The molecule has 1 aromatic heterocycles. The fourth-order valence-electron chi connectivity index (χ4n) is 2.77. The lowest BCUT2D eigenvalue weighted by molar-refractivity contribution is -0.124. The smallest absolute Gasteiger partial charge is 0.240 e. The van der Waals surface area contributed by atoms with Gasteiger partial charge in [-0.05, 0) is 19.4 Å². The van der Waals surface area contributed by atoms with Gasteiger partial charge in [-0.1, -0.05) is 29.8 Å². The molecule has 2 heterocycles. The maximum absolute atomic E-state index is 12.2. The van der Waals surface area contributed by atoms with Crippen molar-refractivity contribution < 1.29 is 9.59 Å². The zero-order valence-corrected chi connectivity index (χ0v) is 13.4. The Kier molecular flexibility index (Phi) is 4.14. The Hall–Kier alpha value is -2.63. The lowest BCUT2D eigenvalue weighted by Gasteiger charge is -2.26. The van der Waals surface area contributed by atoms with Gasteiger partial charge in [0, 0.05) is 19.0 Å². The summed E-state index contributed by atoms with van der Waals surface area (Å²) in [5, 5.41) is 7.21. The van der Waals surface area contributed by atoms with Crippen LogP contribution >= 0.6 is 0 Å². The van der Waals surface area contributed by atoms with E-state index in [9.17, 15) is 9.59 Å². The van der Waals surface area contributed by atoms with E-state index in [1.54, 1.807) is 4.68 Å². The van der Waals surface area contributed by atoms with Crippen LogP contribution in [0.4, 0.5) is 5.82 Å². The van der Waals surface area contributed by atoms with Gasteiger partial charge >= 0.3 is 0 Å². The zero-order valence-electron chi connectivity index (χ0n) is 13.4. The van der Waals surface area contributed by atoms with Gasteiger partial charge in [0.15, 0.2) is 0 Å². The predicted molar refractivity (Wildman–Crippen MR) is 87.0 cm³/mol. The number of nitrogens with zero attached hydrogens (tertiary/aromatic N) is 3. The molecule has 0 spiro atoms. The van der Waals surface area contributed by atoms with Crippen molar-refractivity contribution in [2.75, 3.05) is 11.4 Å². The van der Waals surface area contributed by atoms with Crippen molar-refractivity contribution in [1.29, 1.82) is 0 Å². The topological polar surface area (TPSA) is 67.2 Å². The first kappa shape index (κ1) is 15.3. The van der Waals surface area contributed by atoms with Crippen LogP contribution in [0.25, 0.3) is 0 Å². The molecule has 1 aliphatic heterocycles. The Morgan fingerprint density at radius 1 is 1.30 bits per heavy atom. The summed E-state index contributed by atoms with van der Waals surface area (Å²) < 4.78 is 1.78. The summed E-state index contributed by atoms with van der Waals surface area (Å²) in [5.41, 5.74) is 3.05. The Balaban J connectivity index is 1.64. The van der Waals surface area contributed by atoms with E-state index >= 15 is 0 Å². The van der Waals surface area contributed by atoms with Gasteiger partial charge in [0.05, 0.1) is 12.2 Å². The fraction of sp³-hybridized carbons (Fsp3) is 0.353. The van der Waals surface area contributed by atoms with Gasteiger partial charge in [0.1, 0.15) is 12.4 Å². The number of aryl methyl sites for hydroxylation is 3. The molecule has 120 valence electrons. The van der Waals surface area contributed by atoms with E-state index in [1.807, 2.05) is 44.2 Å². The molecule has 1 N–H and O–H groups in total. The number of amides is 2.